The number of halogens is 2. The van der Waals surface area contributed by atoms with Crippen molar-refractivity contribution >= 4 is 16.0 Å². The molecule has 0 bridgehead atoms. The van der Waals surface area contributed by atoms with Crippen LogP contribution >= 0.6 is 0 Å². The summed E-state index contributed by atoms with van der Waals surface area (Å²) in [5, 5.41) is 8.72. The maximum Gasteiger partial charge on any atom is 0.303 e. The van der Waals surface area contributed by atoms with Crippen LogP contribution in [0.1, 0.15) is 37.3 Å². The summed E-state index contributed by atoms with van der Waals surface area (Å²) in [6.45, 7) is 2.29. The first-order chi connectivity index (χ1) is 13.7. The number of hydrogen-bond acceptors (Lipinski definition) is 3. The molecule has 0 unspecified atom stereocenters. The van der Waals surface area contributed by atoms with E-state index < -0.39 is 32.5 Å². The monoisotopic (exact) mass is 425 g/mol. The number of carbonyl (C=O) groups is 1. The summed E-state index contributed by atoms with van der Waals surface area (Å²) in [5.74, 6) is -2.76. The standard InChI is InChI=1S/C21H25F2NO4S/c1-2-13-24(29(27,28)20-11-10-18(22)15-19(20)23)14-3-4-16-5-7-17(8-6-16)9-12-21(25)26/h5-8,10-11,15H,2-4,9,12-14H2,1H3,(H,25,26). The zero-order valence-electron chi connectivity index (χ0n) is 16.3. The number of aliphatic carboxylic acids is 1. The fourth-order valence-electron chi connectivity index (χ4n) is 3.01. The van der Waals surface area contributed by atoms with Crippen LogP contribution in [0.15, 0.2) is 47.4 Å². The third-order valence-corrected chi connectivity index (χ3v) is 6.44. The van der Waals surface area contributed by atoms with Crippen LogP contribution in [-0.4, -0.2) is 36.9 Å². The van der Waals surface area contributed by atoms with Gasteiger partial charge in [0.05, 0.1) is 0 Å². The lowest BCUT2D eigenvalue weighted by atomic mass is 10.0. The van der Waals surface area contributed by atoms with Crippen LogP contribution in [0.5, 0.6) is 0 Å². The highest BCUT2D eigenvalue weighted by molar-refractivity contribution is 7.89. The third kappa shape index (κ3) is 6.61. The molecule has 0 aliphatic rings. The maximum absolute atomic E-state index is 14.0. The first kappa shape index (κ1) is 23.0. The minimum atomic E-state index is -4.05. The second-order valence-corrected chi connectivity index (χ2v) is 8.70. The minimum Gasteiger partial charge on any atom is -0.481 e. The molecule has 29 heavy (non-hydrogen) atoms. The highest BCUT2D eigenvalue weighted by Crippen LogP contribution is 2.21. The molecule has 0 fully saturated rings. The summed E-state index contributed by atoms with van der Waals surface area (Å²) in [4.78, 5) is 10.1. The fourth-order valence-corrected chi connectivity index (χ4v) is 4.62. The highest BCUT2D eigenvalue weighted by Gasteiger charge is 2.26. The van der Waals surface area contributed by atoms with Gasteiger partial charge in [0.25, 0.3) is 0 Å². The van der Waals surface area contributed by atoms with Gasteiger partial charge in [0.15, 0.2) is 0 Å². The maximum atomic E-state index is 14.0. The lowest BCUT2D eigenvalue weighted by molar-refractivity contribution is -0.136. The smallest absolute Gasteiger partial charge is 0.303 e. The number of sulfonamides is 1. The fraction of sp³-hybridized carbons (Fsp3) is 0.381. The van der Waals surface area contributed by atoms with Gasteiger partial charge in [0, 0.05) is 25.6 Å². The molecule has 0 saturated carbocycles. The molecule has 0 aliphatic carbocycles. The normalized spacial score (nSPS) is 11.7. The van der Waals surface area contributed by atoms with Crippen LogP contribution in [0.3, 0.4) is 0 Å². The molecule has 2 rings (SSSR count). The largest absolute Gasteiger partial charge is 0.481 e. The van der Waals surface area contributed by atoms with Gasteiger partial charge in [-0.3, -0.25) is 4.79 Å². The number of carboxylic acid groups (broad SMARTS) is 1. The molecule has 2 aromatic rings. The molecular formula is C21H25F2NO4S. The number of carboxylic acids is 1. The molecule has 2 aromatic carbocycles. The SMILES string of the molecule is CCCN(CCCc1ccc(CCC(=O)O)cc1)S(=O)(=O)c1ccc(F)cc1F. The Kier molecular flexibility index (Phi) is 8.28. The van der Waals surface area contributed by atoms with E-state index in [0.29, 0.717) is 31.7 Å². The Hall–Kier alpha value is -2.32. The Morgan fingerprint density at radius 2 is 1.62 bits per heavy atom. The summed E-state index contributed by atoms with van der Waals surface area (Å²) in [6, 6.07) is 10.00. The quantitative estimate of drug-likeness (QED) is 0.590. The van der Waals surface area contributed by atoms with Crippen molar-refractivity contribution in [3.63, 3.8) is 0 Å². The van der Waals surface area contributed by atoms with Crippen molar-refractivity contribution in [2.75, 3.05) is 13.1 Å². The van der Waals surface area contributed by atoms with Crippen LogP contribution < -0.4 is 0 Å². The minimum absolute atomic E-state index is 0.0725. The van der Waals surface area contributed by atoms with Crippen molar-refractivity contribution in [3.05, 3.63) is 65.2 Å². The Morgan fingerprint density at radius 1 is 1.00 bits per heavy atom. The van der Waals surface area contributed by atoms with Crippen molar-refractivity contribution in [1.82, 2.24) is 4.31 Å². The summed E-state index contributed by atoms with van der Waals surface area (Å²) < 4.78 is 53.9. The van der Waals surface area contributed by atoms with E-state index in [1.165, 1.54) is 4.31 Å². The molecule has 0 radical (unpaired) electrons. The van der Waals surface area contributed by atoms with Crippen molar-refractivity contribution in [3.8, 4) is 0 Å². The van der Waals surface area contributed by atoms with E-state index in [4.69, 9.17) is 5.11 Å². The Labute approximate surface area is 170 Å². The van der Waals surface area contributed by atoms with E-state index in [1.54, 1.807) is 0 Å². The average molecular weight is 425 g/mol. The molecule has 0 saturated heterocycles. The second kappa shape index (κ2) is 10.5. The Balaban J connectivity index is 2.01. The predicted molar refractivity (Wildman–Crippen MR) is 106 cm³/mol. The molecule has 0 amide bonds. The molecular weight excluding hydrogens is 400 g/mol. The van der Waals surface area contributed by atoms with Gasteiger partial charge in [-0.15, -0.1) is 0 Å². The van der Waals surface area contributed by atoms with Crippen LogP contribution in [0.25, 0.3) is 0 Å². The lowest BCUT2D eigenvalue weighted by Crippen LogP contribution is -2.33. The summed E-state index contributed by atoms with van der Waals surface area (Å²) in [7, 11) is -4.05. The second-order valence-electron chi connectivity index (χ2n) is 6.79. The van der Waals surface area contributed by atoms with E-state index in [1.807, 2.05) is 31.2 Å². The van der Waals surface area contributed by atoms with Crippen LogP contribution in [0, 0.1) is 11.6 Å². The van der Waals surface area contributed by atoms with Gasteiger partial charge in [-0.2, -0.15) is 4.31 Å². The zero-order valence-corrected chi connectivity index (χ0v) is 17.1. The topological polar surface area (TPSA) is 74.7 Å². The predicted octanol–water partition coefficient (Wildman–Crippen LogP) is 4.02. The molecule has 8 heteroatoms. The first-order valence-corrected chi connectivity index (χ1v) is 10.9. The van der Waals surface area contributed by atoms with Crippen molar-refractivity contribution in [2.24, 2.45) is 0 Å². The molecule has 0 aliphatic heterocycles. The number of nitrogens with zero attached hydrogens (tertiary/aromatic N) is 1. The van der Waals surface area contributed by atoms with E-state index >= 15 is 0 Å². The van der Waals surface area contributed by atoms with E-state index in [0.717, 1.165) is 23.3 Å². The van der Waals surface area contributed by atoms with Crippen molar-refractivity contribution in [1.29, 1.82) is 0 Å². The van der Waals surface area contributed by atoms with Gasteiger partial charge in [-0.25, -0.2) is 17.2 Å². The Bertz CT molecular complexity index is 930. The van der Waals surface area contributed by atoms with Gasteiger partial charge < -0.3 is 5.11 Å². The molecule has 158 valence electrons. The van der Waals surface area contributed by atoms with Gasteiger partial charge in [0.1, 0.15) is 16.5 Å². The molecule has 0 spiro atoms. The van der Waals surface area contributed by atoms with Crippen LogP contribution in [-0.2, 0) is 27.7 Å². The highest BCUT2D eigenvalue weighted by atomic mass is 32.2. The van der Waals surface area contributed by atoms with Crippen LogP contribution in [0.2, 0.25) is 0 Å². The number of benzene rings is 2. The van der Waals surface area contributed by atoms with Gasteiger partial charge >= 0.3 is 5.97 Å². The molecule has 0 atom stereocenters. The Morgan fingerprint density at radius 3 is 2.17 bits per heavy atom. The van der Waals surface area contributed by atoms with E-state index in [-0.39, 0.29) is 19.5 Å². The van der Waals surface area contributed by atoms with Crippen molar-refractivity contribution in [2.45, 2.75) is 43.9 Å². The lowest BCUT2D eigenvalue weighted by Gasteiger charge is -2.22. The molecule has 0 heterocycles. The van der Waals surface area contributed by atoms with E-state index in [9.17, 15) is 22.0 Å². The number of aryl methyl sites for hydroxylation is 2. The van der Waals surface area contributed by atoms with Crippen molar-refractivity contribution < 1.29 is 27.1 Å². The average Bonchev–Trinajstić information content (AvgIpc) is 2.66. The first-order valence-electron chi connectivity index (χ1n) is 9.49. The van der Waals surface area contributed by atoms with Gasteiger partial charge in [-0.1, -0.05) is 31.2 Å². The number of hydrogen-bond donors (Lipinski definition) is 1. The number of rotatable bonds is 11. The van der Waals surface area contributed by atoms with E-state index in [2.05, 4.69) is 0 Å². The third-order valence-electron chi connectivity index (χ3n) is 4.51. The summed E-state index contributed by atoms with van der Waals surface area (Å²) in [5.41, 5.74) is 1.93. The zero-order chi connectivity index (χ0) is 21.4. The molecule has 1 N–H and O–H groups in total. The summed E-state index contributed by atoms with van der Waals surface area (Å²) >= 11 is 0. The molecule has 0 aromatic heterocycles. The van der Waals surface area contributed by atoms with Gasteiger partial charge in [0.2, 0.25) is 10.0 Å². The molecule has 5 nitrogen and oxygen atoms in total. The van der Waals surface area contributed by atoms with Gasteiger partial charge in [-0.05, 0) is 48.9 Å². The van der Waals surface area contributed by atoms with Crippen LogP contribution in [0.4, 0.5) is 8.78 Å². The summed E-state index contributed by atoms with van der Waals surface area (Å²) in [6.07, 6.45) is 2.27.